The quantitative estimate of drug-likeness (QED) is 0.690. The molecule has 124 valence electrons. The molecule has 0 bridgehead atoms. The van der Waals surface area contributed by atoms with Crippen LogP contribution in [0.25, 0.3) is 0 Å². The van der Waals surface area contributed by atoms with E-state index in [0.29, 0.717) is 6.42 Å². The van der Waals surface area contributed by atoms with Crippen LogP contribution in [-0.2, 0) is 9.53 Å². The monoisotopic (exact) mass is 353 g/mol. The van der Waals surface area contributed by atoms with Gasteiger partial charge in [-0.3, -0.25) is 4.79 Å². The Bertz CT molecular complexity index is 588. The molecule has 1 unspecified atom stereocenters. The molecule has 1 atom stereocenters. The Hall–Kier alpha value is -1.71. The molecule has 5 heteroatoms. The standard InChI is InChI=1S/C18H20ClNO2.ClH/c1-22-18(21)9-5-8-17(14-10-12-15(19)13-11-14)20-16-6-3-2-4-7-16;/h2-4,6-7,10-13,17,20H,5,8-9H2,1H3;1H. The molecule has 2 aromatic carbocycles. The van der Waals surface area contributed by atoms with Crippen molar-refractivity contribution in [2.24, 2.45) is 0 Å². The number of nitrogens with one attached hydrogen (secondary N) is 1. The lowest BCUT2D eigenvalue weighted by Gasteiger charge is -2.20. The van der Waals surface area contributed by atoms with Gasteiger partial charge in [-0.1, -0.05) is 41.9 Å². The van der Waals surface area contributed by atoms with Crippen molar-refractivity contribution < 1.29 is 9.53 Å². The fourth-order valence-electron chi connectivity index (χ4n) is 2.31. The number of rotatable bonds is 7. The van der Waals surface area contributed by atoms with E-state index in [9.17, 15) is 4.79 Å². The molecule has 3 nitrogen and oxygen atoms in total. The second-order valence-corrected chi connectivity index (χ2v) is 5.52. The molecule has 0 aromatic heterocycles. The van der Waals surface area contributed by atoms with Crippen LogP contribution in [0, 0.1) is 0 Å². The van der Waals surface area contributed by atoms with Gasteiger partial charge in [0.2, 0.25) is 0 Å². The van der Waals surface area contributed by atoms with Gasteiger partial charge in [-0.2, -0.15) is 0 Å². The third-order valence-electron chi connectivity index (χ3n) is 3.49. The molecule has 0 saturated carbocycles. The van der Waals surface area contributed by atoms with Crippen LogP contribution in [0.1, 0.15) is 30.9 Å². The summed E-state index contributed by atoms with van der Waals surface area (Å²) in [5, 5.41) is 4.23. The normalized spacial score (nSPS) is 11.2. The maximum Gasteiger partial charge on any atom is 0.305 e. The molecule has 0 radical (unpaired) electrons. The molecule has 2 rings (SSSR count). The minimum atomic E-state index is -0.172. The van der Waals surface area contributed by atoms with Gasteiger partial charge in [-0.05, 0) is 42.7 Å². The number of para-hydroxylation sites is 1. The van der Waals surface area contributed by atoms with Gasteiger partial charge in [-0.15, -0.1) is 12.4 Å². The molecule has 0 spiro atoms. The minimum absolute atomic E-state index is 0. The van der Waals surface area contributed by atoms with Crippen LogP contribution < -0.4 is 5.32 Å². The number of hydrogen-bond acceptors (Lipinski definition) is 3. The predicted octanol–water partition coefficient (Wildman–Crippen LogP) is 5.26. The third-order valence-corrected chi connectivity index (χ3v) is 3.74. The zero-order chi connectivity index (χ0) is 15.8. The van der Waals surface area contributed by atoms with Gasteiger partial charge >= 0.3 is 5.97 Å². The van der Waals surface area contributed by atoms with Gasteiger partial charge < -0.3 is 10.1 Å². The fraction of sp³-hybridized carbons (Fsp3) is 0.278. The summed E-state index contributed by atoms with van der Waals surface area (Å²) in [6, 6.07) is 18.0. The number of methoxy groups -OCH3 is 1. The van der Waals surface area contributed by atoms with Crippen LogP contribution >= 0.6 is 24.0 Å². The number of esters is 1. The van der Waals surface area contributed by atoms with E-state index >= 15 is 0 Å². The van der Waals surface area contributed by atoms with E-state index < -0.39 is 0 Å². The van der Waals surface area contributed by atoms with E-state index in [2.05, 4.69) is 5.32 Å². The summed E-state index contributed by atoms with van der Waals surface area (Å²) in [5.74, 6) is -0.172. The largest absolute Gasteiger partial charge is 0.469 e. The van der Waals surface area contributed by atoms with Crippen LogP contribution in [-0.4, -0.2) is 13.1 Å². The molecule has 0 saturated heterocycles. The molecule has 0 heterocycles. The number of benzene rings is 2. The first-order valence-corrected chi connectivity index (χ1v) is 7.70. The van der Waals surface area contributed by atoms with Gasteiger partial charge in [0, 0.05) is 17.1 Å². The van der Waals surface area contributed by atoms with E-state index in [1.165, 1.54) is 7.11 Å². The average molecular weight is 354 g/mol. The summed E-state index contributed by atoms with van der Waals surface area (Å²) in [7, 11) is 1.42. The Morgan fingerprint density at radius 2 is 1.78 bits per heavy atom. The number of carbonyl (C=O) groups is 1. The van der Waals surface area contributed by atoms with E-state index in [1.807, 2.05) is 54.6 Å². The molecule has 23 heavy (non-hydrogen) atoms. The Morgan fingerprint density at radius 1 is 1.13 bits per heavy atom. The molecule has 0 aliphatic rings. The maximum atomic E-state index is 11.3. The van der Waals surface area contributed by atoms with Gasteiger partial charge in [0.05, 0.1) is 13.2 Å². The highest BCUT2D eigenvalue weighted by Gasteiger charge is 2.12. The first kappa shape index (κ1) is 19.3. The minimum Gasteiger partial charge on any atom is -0.469 e. The smallest absolute Gasteiger partial charge is 0.305 e. The van der Waals surface area contributed by atoms with Crippen molar-refractivity contribution >= 4 is 35.7 Å². The molecular formula is C18H21Cl2NO2. The molecule has 2 aromatic rings. The molecular weight excluding hydrogens is 333 g/mol. The molecule has 0 amide bonds. The van der Waals surface area contributed by atoms with Gasteiger partial charge in [0.25, 0.3) is 0 Å². The molecule has 0 fully saturated rings. The second kappa shape index (κ2) is 10.1. The van der Waals surface area contributed by atoms with Crippen LogP contribution in [0.3, 0.4) is 0 Å². The predicted molar refractivity (Wildman–Crippen MR) is 97.4 cm³/mol. The number of anilines is 1. The highest BCUT2D eigenvalue weighted by atomic mass is 35.5. The first-order valence-electron chi connectivity index (χ1n) is 7.33. The van der Waals surface area contributed by atoms with Crippen molar-refractivity contribution in [3.05, 3.63) is 65.2 Å². The fourth-order valence-corrected chi connectivity index (χ4v) is 2.43. The zero-order valence-electron chi connectivity index (χ0n) is 13.0. The SMILES string of the molecule is COC(=O)CCCC(Nc1ccccc1)c1ccc(Cl)cc1.Cl. The highest BCUT2D eigenvalue weighted by Crippen LogP contribution is 2.25. The highest BCUT2D eigenvalue weighted by molar-refractivity contribution is 6.30. The van der Waals surface area contributed by atoms with Crippen molar-refractivity contribution in [3.8, 4) is 0 Å². The summed E-state index contributed by atoms with van der Waals surface area (Å²) in [4.78, 5) is 11.3. The van der Waals surface area contributed by atoms with Crippen LogP contribution in [0.5, 0.6) is 0 Å². The first-order chi connectivity index (χ1) is 10.7. The number of ether oxygens (including phenoxy) is 1. The Kier molecular flexibility index (Phi) is 8.52. The van der Waals surface area contributed by atoms with Crippen LogP contribution in [0.15, 0.2) is 54.6 Å². The lowest BCUT2D eigenvalue weighted by atomic mass is 10.0. The summed E-state index contributed by atoms with van der Waals surface area (Å²) >= 11 is 5.96. The molecule has 0 aliphatic carbocycles. The third kappa shape index (κ3) is 6.51. The summed E-state index contributed by atoms with van der Waals surface area (Å²) in [6.07, 6.45) is 2.03. The molecule has 1 N–H and O–H groups in total. The molecule has 0 aliphatic heterocycles. The number of halogens is 2. The van der Waals surface area contributed by atoms with Crippen LogP contribution in [0.2, 0.25) is 5.02 Å². The van der Waals surface area contributed by atoms with Gasteiger partial charge in [0.15, 0.2) is 0 Å². The Morgan fingerprint density at radius 3 is 2.39 bits per heavy atom. The zero-order valence-corrected chi connectivity index (χ0v) is 14.6. The summed E-state index contributed by atoms with van der Waals surface area (Å²) in [6.45, 7) is 0. The maximum absolute atomic E-state index is 11.3. The van der Waals surface area contributed by atoms with Crippen molar-refractivity contribution in [2.75, 3.05) is 12.4 Å². The van der Waals surface area contributed by atoms with Crippen molar-refractivity contribution in [1.82, 2.24) is 0 Å². The van der Waals surface area contributed by atoms with E-state index in [0.717, 1.165) is 29.1 Å². The van der Waals surface area contributed by atoms with Crippen molar-refractivity contribution in [3.63, 3.8) is 0 Å². The van der Waals surface area contributed by atoms with E-state index in [1.54, 1.807) is 0 Å². The number of carbonyl (C=O) groups excluding carboxylic acids is 1. The number of hydrogen-bond donors (Lipinski definition) is 1. The lowest BCUT2D eigenvalue weighted by Crippen LogP contribution is -2.12. The van der Waals surface area contributed by atoms with Crippen LogP contribution in [0.4, 0.5) is 5.69 Å². The average Bonchev–Trinajstić information content (AvgIpc) is 2.55. The topological polar surface area (TPSA) is 38.3 Å². The summed E-state index contributed by atoms with van der Waals surface area (Å²) < 4.78 is 4.69. The van der Waals surface area contributed by atoms with Gasteiger partial charge in [-0.25, -0.2) is 0 Å². The lowest BCUT2D eigenvalue weighted by molar-refractivity contribution is -0.140. The Labute approximate surface area is 148 Å². The Balaban J connectivity index is 0.00000264. The van der Waals surface area contributed by atoms with Crippen molar-refractivity contribution in [2.45, 2.75) is 25.3 Å². The van der Waals surface area contributed by atoms with E-state index in [4.69, 9.17) is 16.3 Å². The van der Waals surface area contributed by atoms with Gasteiger partial charge in [0.1, 0.15) is 0 Å². The van der Waals surface area contributed by atoms with Crippen molar-refractivity contribution in [1.29, 1.82) is 0 Å². The summed E-state index contributed by atoms with van der Waals surface area (Å²) in [5.41, 5.74) is 2.21. The van der Waals surface area contributed by atoms with E-state index in [-0.39, 0.29) is 24.4 Å². The second-order valence-electron chi connectivity index (χ2n) is 5.08.